The third-order valence-corrected chi connectivity index (χ3v) is 3.84. The second-order valence-corrected chi connectivity index (χ2v) is 5.31. The van der Waals surface area contributed by atoms with Gasteiger partial charge in [-0.05, 0) is 43.5 Å². The molecule has 1 atom stereocenters. The Labute approximate surface area is 127 Å². The Kier molecular flexibility index (Phi) is 4.00. The Hall–Kier alpha value is -2.50. The van der Waals surface area contributed by atoms with E-state index in [1.807, 2.05) is 0 Å². The maximum absolute atomic E-state index is 13.0. The predicted molar refractivity (Wildman–Crippen MR) is 80.0 cm³/mol. The lowest BCUT2D eigenvalue weighted by Crippen LogP contribution is -2.45. The topological polar surface area (TPSA) is 66.3 Å². The molecule has 1 aromatic carbocycles. The molecule has 6 heteroatoms. The highest BCUT2D eigenvalue weighted by Gasteiger charge is 2.29. The van der Waals surface area contributed by atoms with Crippen LogP contribution in [0.15, 0.2) is 36.7 Å². The van der Waals surface area contributed by atoms with Crippen molar-refractivity contribution in [1.29, 1.82) is 0 Å². The summed E-state index contributed by atoms with van der Waals surface area (Å²) >= 11 is 0. The molecule has 0 amide bonds. The average molecular weight is 301 g/mol. The predicted octanol–water partition coefficient (Wildman–Crippen LogP) is 2.73. The Morgan fingerprint density at radius 3 is 2.73 bits per heavy atom. The first kappa shape index (κ1) is 14.4. The van der Waals surface area contributed by atoms with E-state index in [1.54, 1.807) is 29.4 Å². The van der Waals surface area contributed by atoms with Crippen LogP contribution >= 0.6 is 0 Å². The molecule has 3 rings (SSSR count). The molecule has 5 nitrogen and oxygen atoms in total. The number of anilines is 1. The summed E-state index contributed by atoms with van der Waals surface area (Å²) in [5.74, 6) is -0.600. The SMILES string of the molecule is O=C(O)C1CCCCN1c1cncc(-c2ccc(F)cc2)n1. The van der Waals surface area contributed by atoms with Gasteiger partial charge in [0.05, 0.1) is 18.1 Å². The normalized spacial score (nSPS) is 18.2. The van der Waals surface area contributed by atoms with Crippen molar-refractivity contribution in [2.24, 2.45) is 0 Å². The lowest BCUT2D eigenvalue weighted by Gasteiger charge is -2.33. The first-order valence-corrected chi connectivity index (χ1v) is 7.22. The number of benzene rings is 1. The maximum Gasteiger partial charge on any atom is 0.326 e. The molecule has 1 saturated heterocycles. The molecule has 1 fully saturated rings. The van der Waals surface area contributed by atoms with Gasteiger partial charge >= 0.3 is 5.97 Å². The number of carboxylic acid groups (broad SMARTS) is 1. The fourth-order valence-corrected chi connectivity index (χ4v) is 2.72. The van der Waals surface area contributed by atoms with E-state index in [9.17, 15) is 14.3 Å². The largest absolute Gasteiger partial charge is 0.480 e. The van der Waals surface area contributed by atoms with E-state index in [2.05, 4.69) is 9.97 Å². The van der Waals surface area contributed by atoms with Crippen molar-refractivity contribution in [1.82, 2.24) is 9.97 Å². The van der Waals surface area contributed by atoms with E-state index >= 15 is 0 Å². The van der Waals surface area contributed by atoms with Gasteiger partial charge in [0, 0.05) is 12.1 Å². The van der Waals surface area contributed by atoms with Gasteiger partial charge in [-0.3, -0.25) is 4.98 Å². The molecular formula is C16H16FN3O2. The molecule has 1 aliphatic rings. The lowest BCUT2D eigenvalue weighted by atomic mass is 10.0. The van der Waals surface area contributed by atoms with E-state index < -0.39 is 12.0 Å². The Balaban J connectivity index is 1.93. The van der Waals surface area contributed by atoms with Gasteiger partial charge in [-0.1, -0.05) is 0 Å². The first-order valence-electron chi connectivity index (χ1n) is 7.22. The van der Waals surface area contributed by atoms with Crippen molar-refractivity contribution in [2.45, 2.75) is 25.3 Å². The van der Waals surface area contributed by atoms with Crippen LogP contribution in [0.2, 0.25) is 0 Å². The highest BCUT2D eigenvalue weighted by Crippen LogP contribution is 2.25. The highest BCUT2D eigenvalue weighted by atomic mass is 19.1. The zero-order chi connectivity index (χ0) is 15.5. The number of halogens is 1. The van der Waals surface area contributed by atoms with E-state index in [0.717, 1.165) is 18.4 Å². The maximum atomic E-state index is 13.0. The van der Waals surface area contributed by atoms with Crippen LogP contribution in [0.1, 0.15) is 19.3 Å². The van der Waals surface area contributed by atoms with Crippen molar-refractivity contribution in [3.63, 3.8) is 0 Å². The molecule has 0 saturated carbocycles. The van der Waals surface area contributed by atoms with Crippen molar-refractivity contribution in [2.75, 3.05) is 11.4 Å². The molecule has 114 valence electrons. The van der Waals surface area contributed by atoms with E-state index in [0.29, 0.717) is 24.5 Å². The van der Waals surface area contributed by atoms with Crippen molar-refractivity contribution < 1.29 is 14.3 Å². The van der Waals surface area contributed by atoms with E-state index in [-0.39, 0.29) is 5.82 Å². The number of aliphatic carboxylic acids is 1. The van der Waals surface area contributed by atoms with Crippen LogP contribution < -0.4 is 4.90 Å². The van der Waals surface area contributed by atoms with Crippen molar-refractivity contribution >= 4 is 11.8 Å². The number of aromatic nitrogens is 2. The van der Waals surface area contributed by atoms with Crippen molar-refractivity contribution in [3.05, 3.63) is 42.5 Å². The Morgan fingerprint density at radius 2 is 2.00 bits per heavy atom. The lowest BCUT2D eigenvalue weighted by molar-refractivity contribution is -0.139. The molecule has 1 aliphatic heterocycles. The number of piperidine rings is 1. The third kappa shape index (κ3) is 2.90. The number of carboxylic acids is 1. The van der Waals surface area contributed by atoms with E-state index in [4.69, 9.17) is 0 Å². The molecule has 0 spiro atoms. The van der Waals surface area contributed by atoms with Crippen LogP contribution in [0.5, 0.6) is 0 Å². The Bertz CT molecular complexity index is 675. The molecule has 0 radical (unpaired) electrons. The number of nitrogens with zero attached hydrogens (tertiary/aromatic N) is 3. The van der Waals surface area contributed by atoms with Gasteiger partial charge in [-0.2, -0.15) is 0 Å². The van der Waals surface area contributed by atoms with Crippen LogP contribution in [0.4, 0.5) is 10.2 Å². The van der Waals surface area contributed by atoms with Gasteiger partial charge < -0.3 is 10.0 Å². The van der Waals surface area contributed by atoms with Crippen molar-refractivity contribution in [3.8, 4) is 11.3 Å². The van der Waals surface area contributed by atoms with Gasteiger partial charge in [0.1, 0.15) is 17.7 Å². The van der Waals surface area contributed by atoms with Crippen LogP contribution in [0.3, 0.4) is 0 Å². The van der Waals surface area contributed by atoms with Crippen LogP contribution in [-0.2, 0) is 4.79 Å². The standard InChI is InChI=1S/C16H16FN3O2/c17-12-6-4-11(5-7-12)13-9-18-10-15(19-13)20-8-2-1-3-14(20)16(21)22/h4-7,9-10,14H,1-3,8H2,(H,21,22). The summed E-state index contributed by atoms with van der Waals surface area (Å²) < 4.78 is 13.0. The number of hydrogen-bond acceptors (Lipinski definition) is 4. The summed E-state index contributed by atoms with van der Waals surface area (Å²) in [4.78, 5) is 21.9. The quantitative estimate of drug-likeness (QED) is 0.944. The van der Waals surface area contributed by atoms with E-state index in [1.165, 1.54) is 12.1 Å². The molecule has 0 aliphatic carbocycles. The van der Waals surface area contributed by atoms with Crippen LogP contribution in [0, 0.1) is 5.82 Å². The molecule has 1 unspecified atom stereocenters. The second-order valence-electron chi connectivity index (χ2n) is 5.31. The number of rotatable bonds is 3. The van der Waals surface area contributed by atoms with Gasteiger partial charge in [0.25, 0.3) is 0 Å². The van der Waals surface area contributed by atoms with Crippen LogP contribution in [-0.4, -0.2) is 33.6 Å². The third-order valence-electron chi connectivity index (χ3n) is 3.84. The number of carbonyl (C=O) groups is 1. The first-order chi connectivity index (χ1) is 10.6. The Morgan fingerprint density at radius 1 is 1.23 bits per heavy atom. The number of hydrogen-bond donors (Lipinski definition) is 1. The summed E-state index contributed by atoms with van der Waals surface area (Å²) in [6.45, 7) is 0.651. The van der Waals surface area contributed by atoms with Gasteiger partial charge in [-0.25, -0.2) is 14.2 Å². The van der Waals surface area contributed by atoms with Gasteiger partial charge in [0.2, 0.25) is 0 Å². The zero-order valence-corrected chi connectivity index (χ0v) is 11.9. The summed E-state index contributed by atoms with van der Waals surface area (Å²) in [7, 11) is 0. The fourth-order valence-electron chi connectivity index (χ4n) is 2.72. The average Bonchev–Trinajstić information content (AvgIpc) is 2.55. The molecule has 22 heavy (non-hydrogen) atoms. The zero-order valence-electron chi connectivity index (χ0n) is 11.9. The molecule has 1 N–H and O–H groups in total. The molecule has 2 heterocycles. The highest BCUT2D eigenvalue weighted by molar-refractivity contribution is 5.78. The minimum Gasteiger partial charge on any atom is -0.480 e. The molecular weight excluding hydrogens is 285 g/mol. The molecule has 1 aromatic heterocycles. The minimum atomic E-state index is -0.839. The summed E-state index contributed by atoms with van der Waals surface area (Å²) in [6, 6.07) is 5.43. The molecule has 2 aromatic rings. The molecule has 0 bridgehead atoms. The summed E-state index contributed by atoms with van der Waals surface area (Å²) in [5.41, 5.74) is 1.35. The smallest absolute Gasteiger partial charge is 0.326 e. The summed E-state index contributed by atoms with van der Waals surface area (Å²) in [5, 5.41) is 9.36. The summed E-state index contributed by atoms with van der Waals surface area (Å²) in [6.07, 6.45) is 5.62. The fraction of sp³-hybridized carbons (Fsp3) is 0.312. The second kappa shape index (κ2) is 6.09. The van der Waals surface area contributed by atoms with Gasteiger partial charge in [0.15, 0.2) is 0 Å². The van der Waals surface area contributed by atoms with Crippen LogP contribution in [0.25, 0.3) is 11.3 Å². The monoisotopic (exact) mass is 301 g/mol. The minimum absolute atomic E-state index is 0.310. The van der Waals surface area contributed by atoms with Gasteiger partial charge in [-0.15, -0.1) is 0 Å².